The largest absolute Gasteiger partial charge is 0.467 e. The predicted octanol–water partition coefficient (Wildman–Crippen LogP) is 1.63. The first-order valence-electron chi connectivity index (χ1n) is 11.3. The number of hydrogen-bond acceptors (Lipinski definition) is 9. The summed E-state index contributed by atoms with van der Waals surface area (Å²) in [5.74, 6) is -1.95. The standard InChI is InChI=1S/C26H31NO9/c1-31-15-18(32-2)20-22(33-3)23(36-25(29)17-13-9-6-10-14-17)21(35-20)19(26(30)34-4)27-24(28)16-11-7-5-8-12-16/h5-14,18-23H,15H2,1-4H3,(H,27,28)/t18-,19+,20+,21+,22-,23-/m0/s1. The number of hydrogen-bond donors (Lipinski definition) is 1. The Hall–Kier alpha value is -3.31. The van der Waals surface area contributed by atoms with E-state index < -0.39 is 54.4 Å². The number of carbonyl (C=O) groups is 3. The van der Waals surface area contributed by atoms with Gasteiger partial charge in [0.15, 0.2) is 12.1 Å². The Morgan fingerprint density at radius 2 is 1.47 bits per heavy atom. The quantitative estimate of drug-likeness (QED) is 0.458. The molecule has 0 saturated carbocycles. The number of carbonyl (C=O) groups excluding carboxylic acids is 3. The lowest BCUT2D eigenvalue weighted by Crippen LogP contribution is -2.54. The molecule has 2 aromatic rings. The molecule has 0 aromatic heterocycles. The molecule has 1 aliphatic heterocycles. The van der Waals surface area contributed by atoms with E-state index in [1.807, 2.05) is 0 Å². The van der Waals surface area contributed by atoms with Crippen molar-refractivity contribution in [2.24, 2.45) is 0 Å². The fourth-order valence-corrected chi connectivity index (χ4v) is 4.12. The lowest BCUT2D eigenvalue weighted by atomic mass is 9.99. The van der Waals surface area contributed by atoms with E-state index in [1.54, 1.807) is 60.7 Å². The molecule has 1 amide bonds. The van der Waals surface area contributed by atoms with E-state index >= 15 is 0 Å². The second-order valence-electron chi connectivity index (χ2n) is 8.07. The zero-order valence-electron chi connectivity index (χ0n) is 20.6. The minimum absolute atomic E-state index is 0.145. The molecule has 10 heteroatoms. The van der Waals surface area contributed by atoms with E-state index in [0.717, 1.165) is 0 Å². The number of methoxy groups -OCH3 is 4. The Morgan fingerprint density at radius 3 is 2.00 bits per heavy atom. The van der Waals surface area contributed by atoms with E-state index in [2.05, 4.69) is 5.32 Å². The van der Waals surface area contributed by atoms with Crippen LogP contribution in [0, 0.1) is 0 Å². The monoisotopic (exact) mass is 501 g/mol. The summed E-state index contributed by atoms with van der Waals surface area (Å²) in [5.41, 5.74) is 0.633. The van der Waals surface area contributed by atoms with Gasteiger partial charge in [-0.05, 0) is 24.3 Å². The predicted molar refractivity (Wildman–Crippen MR) is 127 cm³/mol. The minimum Gasteiger partial charge on any atom is -0.467 e. The van der Waals surface area contributed by atoms with Crippen LogP contribution in [0.2, 0.25) is 0 Å². The molecule has 1 N–H and O–H groups in total. The van der Waals surface area contributed by atoms with Crippen LogP contribution in [0.25, 0.3) is 0 Å². The Balaban J connectivity index is 1.97. The second-order valence-corrected chi connectivity index (χ2v) is 8.07. The molecular weight excluding hydrogens is 470 g/mol. The fraction of sp³-hybridized carbons (Fsp3) is 0.423. The zero-order chi connectivity index (χ0) is 26.1. The van der Waals surface area contributed by atoms with Crippen molar-refractivity contribution >= 4 is 17.8 Å². The Kier molecular flexibility index (Phi) is 9.95. The summed E-state index contributed by atoms with van der Waals surface area (Å²) in [6.45, 7) is 0.145. The summed E-state index contributed by atoms with van der Waals surface area (Å²) < 4.78 is 33.5. The summed E-state index contributed by atoms with van der Waals surface area (Å²) in [6, 6.07) is 15.4. The highest BCUT2D eigenvalue weighted by Gasteiger charge is 2.55. The average molecular weight is 502 g/mol. The molecule has 36 heavy (non-hydrogen) atoms. The van der Waals surface area contributed by atoms with Crippen LogP contribution in [-0.4, -0.2) is 89.5 Å². The Bertz CT molecular complexity index is 1000. The summed E-state index contributed by atoms with van der Waals surface area (Å²) in [4.78, 5) is 38.8. The Labute approximate surface area is 209 Å². The van der Waals surface area contributed by atoms with Crippen molar-refractivity contribution in [3.8, 4) is 0 Å². The SMILES string of the molecule is COC[C@H](OC)[C@H]1O[C@H]([C@@H](NC(=O)c2ccccc2)C(=O)OC)[C@H](OC(=O)c2ccccc2)[C@H]1OC. The highest BCUT2D eigenvalue weighted by Crippen LogP contribution is 2.32. The minimum atomic E-state index is -1.32. The first kappa shape index (κ1) is 27.3. The molecule has 6 atom stereocenters. The summed E-state index contributed by atoms with van der Waals surface area (Å²) >= 11 is 0. The van der Waals surface area contributed by atoms with Gasteiger partial charge in [-0.1, -0.05) is 36.4 Å². The van der Waals surface area contributed by atoms with Gasteiger partial charge in [-0.15, -0.1) is 0 Å². The molecule has 3 rings (SSSR count). The molecule has 0 aliphatic carbocycles. The van der Waals surface area contributed by atoms with Gasteiger partial charge in [0.05, 0.1) is 19.3 Å². The summed E-state index contributed by atoms with van der Waals surface area (Å²) in [7, 11) is 5.61. The summed E-state index contributed by atoms with van der Waals surface area (Å²) in [5, 5.41) is 2.67. The number of ether oxygens (including phenoxy) is 6. The van der Waals surface area contributed by atoms with Crippen molar-refractivity contribution in [2.75, 3.05) is 35.0 Å². The van der Waals surface area contributed by atoms with Gasteiger partial charge >= 0.3 is 11.9 Å². The van der Waals surface area contributed by atoms with Gasteiger partial charge in [0.25, 0.3) is 5.91 Å². The molecule has 0 spiro atoms. The smallest absolute Gasteiger partial charge is 0.338 e. The van der Waals surface area contributed by atoms with E-state index in [9.17, 15) is 14.4 Å². The molecule has 0 unspecified atom stereocenters. The lowest BCUT2D eigenvalue weighted by Gasteiger charge is -2.28. The van der Waals surface area contributed by atoms with Crippen molar-refractivity contribution in [2.45, 2.75) is 36.6 Å². The van der Waals surface area contributed by atoms with Gasteiger partial charge in [-0.25, -0.2) is 9.59 Å². The molecule has 0 radical (unpaired) electrons. The van der Waals surface area contributed by atoms with Crippen molar-refractivity contribution in [3.63, 3.8) is 0 Å². The molecule has 0 bridgehead atoms. The molecule has 1 aliphatic rings. The van der Waals surface area contributed by atoms with E-state index in [1.165, 1.54) is 28.4 Å². The molecule has 1 saturated heterocycles. The first-order valence-corrected chi connectivity index (χ1v) is 11.3. The highest BCUT2D eigenvalue weighted by molar-refractivity contribution is 5.97. The van der Waals surface area contributed by atoms with Crippen molar-refractivity contribution in [1.82, 2.24) is 5.32 Å². The van der Waals surface area contributed by atoms with Crippen LogP contribution in [0.1, 0.15) is 20.7 Å². The number of rotatable bonds is 11. The molecule has 2 aromatic carbocycles. The fourth-order valence-electron chi connectivity index (χ4n) is 4.12. The van der Waals surface area contributed by atoms with Crippen LogP contribution in [0.5, 0.6) is 0 Å². The van der Waals surface area contributed by atoms with Crippen LogP contribution >= 0.6 is 0 Å². The van der Waals surface area contributed by atoms with Crippen LogP contribution in [0.15, 0.2) is 60.7 Å². The normalized spacial score (nSPS) is 22.9. The van der Waals surface area contributed by atoms with Crippen molar-refractivity contribution < 1.29 is 42.8 Å². The van der Waals surface area contributed by atoms with Gasteiger partial charge in [0, 0.05) is 26.9 Å². The van der Waals surface area contributed by atoms with Gasteiger partial charge in [0.2, 0.25) is 0 Å². The molecule has 10 nitrogen and oxygen atoms in total. The summed E-state index contributed by atoms with van der Waals surface area (Å²) in [6.07, 6.45) is -4.50. The van der Waals surface area contributed by atoms with Crippen LogP contribution in [-0.2, 0) is 33.2 Å². The maximum atomic E-state index is 13.0. The third kappa shape index (κ3) is 6.27. The third-order valence-electron chi connectivity index (χ3n) is 5.92. The molecule has 194 valence electrons. The Morgan fingerprint density at radius 1 is 0.861 bits per heavy atom. The van der Waals surface area contributed by atoms with Crippen LogP contribution in [0.3, 0.4) is 0 Å². The van der Waals surface area contributed by atoms with Gasteiger partial charge in [-0.3, -0.25) is 4.79 Å². The molecule has 1 heterocycles. The number of nitrogens with one attached hydrogen (secondary N) is 1. The number of amides is 1. The van der Waals surface area contributed by atoms with Gasteiger partial charge in [0.1, 0.15) is 24.4 Å². The molecular formula is C26H31NO9. The lowest BCUT2D eigenvalue weighted by molar-refractivity contribution is -0.151. The van der Waals surface area contributed by atoms with Crippen LogP contribution in [0.4, 0.5) is 0 Å². The van der Waals surface area contributed by atoms with E-state index in [0.29, 0.717) is 11.1 Å². The number of benzene rings is 2. The maximum absolute atomic E-state index is 13.0. The van der Waals surface area contributed by atoms with Gasteiger partial charge in [-0.2, -0.15) is 0 Å². The second kappa shape index (κ2) is 13.1. The molecule has 1 fully saturated rings. The van der Waals surface area contributed by atoms with Crippen LogP contribution < -0.4 is 5.32 Å². The maximum Gasteiger partial charge on any atom is 0.338 e. The third-order valence-corrected chi connectivity index (χ3v) is 5.92. The van der Waals surface area contributed by atoms with E-state index in [-0.39, 0.29) is 6.61 Å². The van der Waals surface area contributed by atoms with E-state index in [4.69, 9.17) is 28.4 Å². The topological polar surface area (TPSA) is 119 Å². The average Bonchev–Trinajstić information content (AvgIpc) is 3.27. The van der Waals surface area contributed by atoms with Crippen molar-refractivity contribution in [3.05, 3.63) is 71.8 Å². The number of esters is 2. The zero-order valence-corrected chi connectivity index (χ0v) is 20.6. The highest BCUT2D eigenvalue weighted by atomic mass is 16.6. The van der Waals surface area contributed by atoms with Crippen molar-refractivity contribution in [1.29, 1.82) is 0 Å². The first-order chi connectivity index (χ1) is 17.4. The van der Waals surface area contributed by atoms with Gasteiger partial charge < -0.3 is 33.7 Å².